The predicted molar refractivity (Wildman–Crippen MR) is 80.3 cm³/mol. The van der Waals surface area contributed by atoms with Gasteiger partial charge in [-0.2, -0.15) is 0 Å². The third-order valence-corrected chi connectivity index (χ3v) is 3.55. The number of pyridine rings is 1. The second-order valence-electron chi connectivity index (χ2n) is 5.11. The number of nitrogens with zero attached hydrogens (tertiary/aromatic N) is 3. The molecule has 0 aliphatic heterocycles. The second-order valence-corrected chi connectivity index (χ2v) is 5.11. The van der Waals surface area contributed by atoms with Gasteiger partial charge in [0.25, 0.3) is 0 Å². The van der Waals surface area contributed by atoms with E-state index < -0.39 is 0 Å². The van der Waals surface area contributed by atoms with Crippen LogP contribution in [-0.4, -0.2) is 20.6 Å². The Hall–Kier alpha value is -2.20. The summed E-state index contributed by atoms with van der Waals surface area (Å²) >= 11 is 0. The van der Waals surface area contributed by atoms with Gasteiger partial charge in [0.15, 0.2) is 0 Å². The Morgan fingerprint density at radius 2 is 2.00 bits per heavy atom. The number of imidazole rings is 1. The third kappa shape index (κ3) is 2.56. The zero-order chi connectivity index (χ0) is 13.9. The topological polar surface area (TPSA) is 56.7 Å². The molecule has 3 aromatic rings. The average Bonchev–Trinajstić information content (AvgIpc) is 2.77. The molecule has 0 amide bonds. The number of fused-ring (bicyclic) bond motifs is 1. The smallest absolute Gasteiger partial charge is 0.111 e. The van der Waals surface area contributed by atoms with Crippen LogP contribution in [0.5, 0.6) is 0 Å². The lowest BCUT2D eigenvalue weighted by Gasteiger charge is -2.11. The molecule has 1 unspecified atom stereocenters. The van der Waals surface area contributed by atoms with Gasteiger partial charge in [0.2, 0.25) is 0 Å². The van der Waals surface area contributed by atoms with Crippen LogP contribution in [0.4, 0.5) is 0 Å². The number of aryl methyl sites for hydroxylation is 1. The quantitative estimate of drug-likeness (QED) is 0.786. The predicted octanol–water partition coefficient (Wildman–Crippen LogP) is 2.08. The monoisotopic (exact) mass is 266 g/mol. The SMILES string of the molecule is Cn1c(CC(N)Cc2cccnc2)nc2ccccc21. The number of hydrogen-bond donors (Lipinski definition) is 1. The summed E-state index contributed by atoms with van der Waals surface area (Å²) in [7, 11) is 2.04. The van der Waals surface area contributed by atoms with Gasteiger partial charge in [-0.1, -0.05) is 18.2 Å². The summed E-state index contributed by atoms with van der Waals surface area (Å²) < 4.78 is 2.12. The van der Waals surface area contributed by atoms with Gasteiger partial charge in [-0.3, -0.25) is 4.98 Å². The Labute approximate surface area is 118 Å². The average molecular weight is 266 g/mol. The first-order valence-electron chi connectivity index (χ1n) is 6.79. The van der Waals surface area contributed by atoms with Crippen molar-refractivity contribution in [3.63, 3.8) is 0 Å². The molecule has 20 heavy (non-hydrogen) atoms. The third-order valence-electron chi connectivity index (χ3n) is 3.55. The molecule has 0 aliphatic rings. The Morgan fingerprint density at radius 3 is 2.75 bits per heavy atom. The van der Waals surface area contributed by atoms with Crippen molar-refractivity contribution >= 4 is 11.0 Å². The summed E-state index contributed by atoms with van der Waals surface area (Å²) in [5.74, 6) is 1.03. The molecule has 0 saturated carbocycles. The van der Waals surface area contributed by atoms with Crippen LogP contribution in [0.1, 0.15) is 11.4 Å². The van der Waals surface area contributed by atoms with Crippen molar-refractivity contribution in [2.75, 3.05) is 0 Å². The van der Waals surface area contributed by atoms with E-state index in [1.807, 2.05) is 37.5 Å². The lowest BCUT2D eigenvalue weighted by Crippen LogP contribution is -2.27. The summed E-state index contributed by atoms with van der Waals surface area (Å²) in [5.41, 5.74) is 9.59. The van der Waals surface area contributed by atoms with Gasteiger partial charge >= 0.3 is 0 Å². The van der Waals surface area contributed by atoms with Crippen molar-refractivity contribution in [3.05, 3.63) is 60.2 Å². The van der Waals surface area contributed by atoms with Crippen LogP contribution in [0.3, 0.4) is 0 Å². The molecule has 0 spiro atoms. The van der Waals surface area contributed by atoms with Crippen molar-refractivity contribution in [2.24, 2.45) is 12.8 Å². The van der Waals surface area contributed by atoms with E-state index in [2.05, 4.69) is 26.7 Å². The first-order chi connectivity index (χ1) is 9.74. The van der Waals surface area contributed by atoms with Crippen LogP contribution in [0.25, 0.3) is 11.0 Å². The van der Waals surface area contributed by atoms with Gasteiger partial charge in [0, 0.05) is 31.9 Å². The molecule has 1 aromatic carbocycles. The molecule has 0 saturated heterocycles. The minimum Gasteiger partial charge on any atom is -0.331 e. The highest BCUT2D eigenvalue weighted by molar-refractivity contribution is 5.75. The lowest BCUT2D eigenvalue weighted by molar-refractivity contribution is 0.625. The van der Waals surface area contributed by atoms with E-state index in [1.54, 1.807) is 6.20 Å². The fourth-order valence-electron chi connectivity index (χ4n) is 2.51. The van der Waals surface area contributed by atoms with Crippen molar-refractivity contribution in [2.45, 2.75) is 18.9 Å². The van der Waals surface area contributed by atoms with E-state index in [1.165, 1.54) is 5.56 Å². The van der Waals surface area contributed by atoms with Gasteiger partial charge in [0.1, 0.15) is 5.82 Å². The molecule has 4 heteroatoms. The second kappa shape index (κ2) is 5.43. The number of hydrogen-bond acceptors (Lipinski definition) is 3. The largest absolute Gasteiger partial charge is 0.331 e. The molecule has 3 rings (SSSR count). The molecule has 4 nitrogen and oxygen atoms in total. The zero-order valence-electron chi connectivity index (χ0n) is 11.5. The first kappa shape index (κ1) is 12.8. The maximum atomic E-state index is 6.25. The van der Waals surface area contributed by atoms with Gasteiger partial charge in [-0.15, -0.1) is 0 Å². The van der Waals surface area contributed by atoms with Crippen molar-refractivity contribution in [3.8, 4) is 0 Å². The highest BCUT2D eigenvalue weighted by Gasteiger charge is 2.12. The molecule has 102 valence electrons. The highest BCUT2D eigenvalue weighted by atomic mass is 15.1. The maximum Gasteiger partial charge on any atom is 0.111 e. The van der Waals surface area contributed by atoms with Crippen LogP contribution in [0.2, 0.25) is 0 Å². The van der Waals surface area contributed by atoms with Crippen LogP contribution in [-0.2, 0) is 19.9 Å². The Kier molecular flexibility index (Phi) is 3.48. The summed E-state index contributed by atoms with van der Waals surface area (Å²) in [6, 6.07) is 12.2. The summed E-state index contributed by atoms with van der Waals surface area (Å²) in [6.45, 7) is 0. The van der Waals surface area contributed by atoms with E-state index in [4.69, 9.17) is 5.73 Å². The van der Waals surface area contributed by atoms with Gasteiger partial charge in [-0.05, 0) is 30.2 Å². The van der Waals surface area contributed by atoms with Crippen LogP contribution in [0, 0.1) is 0 Å². The van der Waals surface area contributed by atoms with E-state index in [-0.39, 0.29) is 6.04 Å². The van der Waals surface area contributed by atoms with Crippen molar-refractivity contribution in [1.82, 2.24) is 14.5 Å². The maximum absolute atomic E-state index is 6.25. The summed E-state index contributed by atoms with van der Waals surface area (Å²) in [6.07, 6.45) is 5.23. The molecule has 2 N–H and O–H groups in total. The molecule has 1 atom stereocenters. The molecular formula is C16H18N4. The first-order valence-corrected chi connectivity index (χ1v) is 6.79. The molecule has 0 fully saturated rings. The standard InChI is InChI=1S/C16H18N4/c1-20-15-7-3-2-6-14(15)19-16(20)10-13(17)9-12-5-4-8-18-11-12/h2-8,11,13H,9-10,17H2,1H3. The fraction of sp³-hybridized carbons (Fsp3) is 0.250. The van der Waals surface area contributed by atoms with E-state index in [0.29, 0.717) is 0 Å². The lowest BCUT2D eigenvalue weighted by atomic mass is 10.1. The molecule has 2 aromatic heterocycles. The minimum absolute atomic E-state index is 0.0507. The fourth-order valence-corrected chi connectivity index (χ4v) is 2.51. The number of aromatic nitrogens is 3. The number of rotatable bonds is 4. The van der Waals surface area contributed by atoms with E-state index in [0.717, 1.165) is 29.7 Å². The van der Waals surface area contributed by atoms with Crippen LogP contribution >= 0.6 is 0 Å². The van der Waals surface area contributed by atoms with E-state index >= 15 is 0 Å². The normalized spacial score (nSPS) is 12.7. The molecule has 0 aliphatic carbocycles. The Morgan fingerprint density at radius 1 is 1.15 bits per heavy atom. The Bertz CT molecular complexity index is 703. The molecule has 2 heterocycles. The number of nitrogens with two attached hydrogens (primary N) is 1. The number of benzene rings is 1. The van der Waals surface area contributed by atoms with Crippen LogP contribution in [0.15, 0.2) is 48.8 Å². The Balaban J connectivity index is 1.77. The van der Waals surface area contributed by atoms with Gasteiger partial charge < -0.3 is 10.3 Å². The molecule has 0 bridgehead atoms. The molecule has 0 radical (unpaired) electrons. The van der Waals surface area contributed by atoms with Crippen LogP contribution < -0.4 is 5.73 Å². The van der Waals surface area contributed by atoms with Gasteiger partial charge in [0.05, 0.1) is 11.0 Å². The van der Waals surface area contributed by atoms with E-state index in [9.17, 15) is 0 Å². The van der Waals surface area contributed by atoms with Crippen molar-refractivity contribution in [1.29, 1.82) is 0 Å². The zero-order valence-corrected chi connectivity index (χ0v) is 11.5. The highest BCUT2D eigenvalue weighted by Crippen LogP contribution is 2.15. The minimum atomic E-state index is 0.0507. The van der Waals surface area contributed by atoms with Crippen molar-refractivity contribution < 1.29 is 0 Å². The van der Waals surface area contributed by atoms with Gasteiger partial charge in [-0.25, -0.2) is 4.98 Å². The summed E-state index contributed by atoms with van der Waals surface area (Å²) in [4.78, 5) is 8.78. The number of para-hydroxylation sites is 2. The molecular weight excluding hydrogens is 248 g/mol. The summed E-state index contributed by atoms with van der Waals surface area (Å²) in [5, 5.41) is 0.